The van der Waals surface area contributed by atoms with E-state index in [1.165, 1.54) is 23.8 Å². The van der Waals surface area contributed by atoms with Crippen LogP contribution in [0, 0.1) is 0 Å². The van der Waals surface area contributed by atoms with E-state index in [1.54, 1.807) is 6.20 Å². The van der Waals surface area contributed by atoms with Crippen LogP contribution in [0.25, 0.3) is 0 Å². The number of nitrogens with zero attached hydrogens (tertiary/aromatic N) is 3. The van der Waals surface area contributed by atoms with Crippen molar-refractivity contribution < 1.29 is 19.5 Å². The highest BCUT2D eigenvalue weighted by molar-refractivity contribution is 5.92. The molecule has 11 nitrogen and oxygen atoms in total. The highest BCUT2D eigenvalue weighted by Crippen LogP contribution is 2.24. The Kier molecular flexibility index (Phi) is 6.50. The molecular formula is C22H25N7O4. The van der Waals surface area contributed by atoms with Crippen molar-refractivity contribution in [3.8, 4) is 0 Å². The first-order chi connectivity index (χ1) is 15.9. The van der Waals surface area contributed by atoms with Crippen LogP contribution < -0.4 is 11.1 Å². The number of amides is 2. The van der Waals surface area contributed by atoms with E-state index in [2.05, 4.69) is 25.3 Å². The quantitative estimate of drug-likeness (QED) is 0.315. The van der Waals surface area contributed by atoms with Crippen molar-refractivity contribution >= 4 is 17.8 Å². The second-order valence-corrected chi connectivity index (χ2v) is 8.02. The van der Waals surface area contributed by atoms with Crippen molar-refractivity contribution in [2.75, 3.05) is 0 Å². The summed E-state index contributed by atoms with van der Waals surface area (Å²) in [5.74, 6) is -2.11. The summed E-state index contributed by atoms with van der Waals surface area (Å²) in [7, 11) is 0. The van der Waals surface area contributed by atoms with Crippen molar-refractivity contribution in [3.63, 3.8) is 0 Å². The molecule has 0 spiro atoms. The molecule has 1 aliphatic rings. The number of carboxylic acids is 1. The van der Waals surface area contributed by atoms with Crippen molar-refractivity contribution in [2.24, 2.45) is 5.73 Å². The van der Waals surface area contributed by atoms with Crippen molar-refractivity contribution in [2.45, 2.75) is 43.9 Å². The summed E-state index contributed by atoms with van der Waals surface area (Å²) in [6.45, 7) is 0.210. The molecule has 0 saturated heterocycles. The number of aliphatic carboxylic acids is 1. The van der Waals surface area contributed by atoms with Gasteiger partial charge in [-0.15, -0.1) is 0 Å². The topological polar surface area (TPSA) is 170 Å². The zero-order valence-corrected chi connectivity index (χ0v) is 17.8. The summed E-state index contributed by atoms with van der Waals surface area (Å²) < 4.78 is 0. The molecule has 3 atom stereocenters. The molecule has 0 saturated carbocycles. The summed E-state index contributed by atoms with van der Waals surface area (Å²) >= 11 is 0. The van der Waals surface area contributed by atoms with E-state index in [0.29, 0.717) is 11.4 Å². The van der Waals surface area contributed by atoms with E-state index >= 15 is 0 Å². The van der Waals surface area contributed by atoms with Crippen molar-refractivity contribution in [1.82, 2.24) is 30.2 Å². The zero-order chi connectivity index (χ0) is 23.4. The molecule has 33 heavy (non-hydrogen) atoms. The van der Waals surface area contributed by atoms with Crippen LogP contribution in [0.3, 0.4) is 0 Å². The number of nitrogens with one attached hydrogen (secondary N) is 3. The fourth-order valence-corrected chi connectivity index (χ4v) is 4.01. The Morgan fingerprint density at radius 1 is 1.09 bits per heavy atom. The minimum Gasteiger partial charge on any atom is -0.480 e. The van der Waals surface area contributed by atoms with Crippen LogP contribution in [0.4, 0.5) is 0 Å². The number of carbonyl (C=O) groups is 3. The first-order valence-electron chi connectivity index (χ1n) is 10.5. The van der Waals surface area contributed by atoms with Crippen LogP contribution in [-0.2, 0) is 40.2 Å². The molecule has 0 aliphatic carbocycles. The van der Waals surface area contributed by atoms with E-state index < -0.39 is 30.0 Å². The Balaban J connectivity index is 1.55. The van der Waals surface area contributed by atoms with Gasteiger partial charge in [-0.25, -0.2) is 14.8 Å². The van der Waals surface area contributed by atoms with Crippen LogP contribution in [-0.4, -0.2) is 65.9 Å². The minimum atomic E-state index is -1.18. The SMILES string of the molecule is N[C@@H](Cc1cnc[nH]1)C(=O)N1Cc2ccccc2C[C@H]1C(=O)N[C@@H](Cc1cnc[nH]1)C(=O)O. The molecule has 3 aromatic rings. The van der Waals surface area contributed by atoms with Gasteiger partial charge in [-0.05, 0) is 11.1 Å². The Hall–Kier alpha value is -3.99. The molecule has 2 amide bonds. The molecule has 1 aliphatic heterocycles. The maximum absolute atomic E-state index is 13.3. The van der Waals surface area contributed by atoms with Crippen LogP contribution in [0.5, 0.6) is 0 Å². The van der Waals surface area contributed by atoms with E-state index in [4.69, 9.17) is 5.73 Å². The molecule has 4 rings (SSSR count). The Labute approximate surface area is 189 Å². The van der Waals surface area contributed by atoms with Crippen LogP contribution in [0.2, 0.25) is 0 Å². The molecule has 3 heterocycles. The third-order valence-electron chi connectivity index (χ3n) is 5.74. The number of imidazole rings is 2. The number of aromatic nitrogens is 4. The maximum Gasteiger partial charge on any atom is 0.326 e. The van der Waals surface area contributed by atoms with Crippen molar-refractivity contribution in [3.05, 3.63) is 71.8 Å². The third-order valence-corrected chi connectivity index (χ3v) is 5.74. The summed E-state index contributed by atoms with van der Waals surface area (Å²) in [6.07, 6.45) is 6.59. The largest absolute Gasteiger partial charge is 0.480 e. The van der Waals surface area contributed by atoms with Gasteiger partial charge in [-0.2, -0.15) is 0 Å². The normalized spacial score (nSPS) is 17.1. The van der Waals surface area contributed by atoms with Gasteiger partial charge in [0.2, 0.25) is 11.8 Å². The molecule has 0 radical (unpaired) electrons. The predicted molar refractivity (Wildman–Crippen MR) is 117 cm³/mol. The number of aromatic amines is 2. The van der Waals surface area contributed by atoms with E-state index in [0.717, 1.165) is 11.1 Å². The first-order valence-corrected chi connectivity index (χ1v) is 10.5. The van der Waals surface area contributed by atoms with Gasteiger partial charge in [-0.3, -0.25) is 9.59 Å². The predicted octanol–water partition coefficient (Wildman–Crippen LogP) is -0.232. The summed E-state index contributed by atoms with van der Waals surface area (Å²) in [5.41, 5.74) is 9.33. The molecule has 2 aromatic heterocycles. The second-order valence-electron chi connectivity index (χ2n) is 8.02. The monoisotopic (exact) mass is 451 g/mol. The fourth-order valence-electron chi connectivity index (χ4n) is 4.01. The minimum absolute atomic E-state index is 0.0393. The number of hydrogen-bond acceptors (Lipinski definition) is 6. The average Bonchev–Trinajstić information content (AvgIpc) is 3.51. The summed E-state index contributed by atoms with van der Waals surface area (Å²) in [6, 6.07) is 4.61. The molecule has 172 valence electrons. The molecule has 0 fully saturated rings. The third kappa shape index (κ3) is 5.09. The number of benzene rings is 1. The number of rotatable bonds is 8. The van der Waals surface area contributed by atoms with Gasteiger partial charge in [0.15, 0.2) is 0 Å². The molecular weight excluding hydrogens is 426 g/mol. The van der Waals surface area contributed by atoms with E-state index in [-0.39, 0.29) is 31.7 Å². The van der Waals surface area contributed by atoms with Gasteiger partial charge in [0.25, 0.3) is 0 Å². The lowest BCUT2D eigenvalue weighted by molar-refractivity contribution is -0.146. The number of carboxylic acid groups (broad SMARTS) is 1. The van der Waals surface area contributed by atoms with Crippen LogP contribution in [0.1, 0.15) is 22.5 Å². The number of hydrogen-bond donors (Lipinski definition) is 5. The van der Waals surface area contributed by atoms with E-state index in [9.17, 15) is 19.5 Å². The molecule has 6 N–H and O–H groups in total. The highest BCUT2D eigenvalue weighted by atomic mass is 16.4. The Morgan fingerprint density at radius 3 is 2.33 bits per heavy atom. The van der Waals surface area contributed by atoms with Crippen LogP contribution in [0.15, 0.2) is 49.3 Å². The lowest BCUT2D eigenvalue weighted by atomic mass is 9.92. The molecule has 0 bridgehead atoms. The maximum atomic E-state index is 13.3. The van der Waals surface area contributed by atoms with Crippen molar-refractivity contribution in [1.29, 1.82) is 0 Å². The van der Waals surface area contributed by atoms with Gasteiger partial charge >= 0.3 is 5.97 Å². The zero-order valence-electron chi connectivity index (χ0n) is 17.8. The fraction of sp³-hybridized carbons (Fsp3) is 0.318. The van der Waals surface area contributed by atoms with Gasteiger partial charge in [-0.1, -0.05) is 24.3 Å². The first kappa shape index (κ1) is 22.2. The summed E-state index contributed by atoms with van der Waals surface area (Å²) in [5, 5.41) is 12.2. The van der Waals surface area contributed by atoms with Gasteiger partial charge < -0.3 is 31.0 Å². The van der Waals surface area contributed by atoms with Crippen LogP contribution >= 0.6 is 0 Å². The Morgan fingerprint density at radius 2 is 1.73 bits per heavy atom. The summed E-state index contributed by atoms with van der Waals surface area (Å²) in [4.78, 5) is 53.3. The highest BCUT2D eigenvalue weighted by Gasteiger charge is 2.38. The Bertz CT molecular complexity index is 1110. The number of nitrogens with two attached hydrogens (primary N) is 1. The van der Waals surface area contributed by atoms with Gasteiger partial charge in [0.1, 0.15) is 12.1 Å². The standard InChI is InChI=1S/C22H25N7O4/c23-17(6-15-8-24-11-26-15)21(31)29-10-14-4-2-1-3-13(14)5-19(29)20(30)28-18(22(32)33)7-16-9-25-12-27-16/h1-4,8-9,11-12,17-19H,5-7,10,23H2,(H,24,26)(H,25,27)(H,28,30)(H,32,33)/t17-,18-,19-/m0/s1. The average molecular weight is 451 g/mol. The molecule has 0 unspecified atom stereocenters. The molecule has 11 heteroatoms. The number of carbonyl (C=O) groups excluding carboxylic acids is 2. The van der Waals surface area contributed by atoms with Gasteiger partial charge in [0.05, 0.1) is 18.7 Å². The smallest absolute Gasteiger partial charge is 0.326 e. The molecule has 1 aromatic carbocycles. The van der Waals surface area contributed by atoms with Gasteiger partial charge in [0, 0.05) is 49.6 Å². The second kappa shape index (κ2) is 9.65. The lowest BCUT2D eigenvalue weighted by Gasteiger charge is -2.37. The van der Waals surface area contributed by atoms with E-state index in [1.807, 2.05) is 24.3 Å². The number of H-pyrrole nitrogens is 2. The number of fused-ring (bicyclic) bond motifs is 1. The lowest BCUT2D eigenvalue weighted by Crippen LogP contribution is -2.58.